The van der Waals surface area contributed by atoms with Crippen LogP contribution in [0.5, 0.6) is 0 Å². The van der Waals surface area contributed by atoms with Crippen molar-refractivity contribution < 1.29 is 4.74 Å². The molecule has 1 rings (SSSR count). The third kappa shape index (κ3) is 5.07. The first kappa shape index (κ1) is 17.0. The van der Waals surface area contributed by atoms with Crippen LogP contribution < -0.4 is 5.32 Å². The summed E-state index contributed by atoms with van der Waals surface area (Å²) < 4.78 is 6.08. The van der Waals surface area contributed by atoms with Crippen LogP contribution in [0.4, 0.5) is 0 Å². The summed E-state index contributed by atoms with van der Waals surface area (Å²) in [6.45, 7) is 13.2. The Kier molecular flexibility index (Phi) is 8.01. The maximum atomic E-state index is 6.08. The molecule has 0 aliphatic heterocycles. The van der Waals surface area contributed by atoms with E-state index in [1.54, 1.807) is 0 Å². The summed E-state index contributed by atoms with van der Waals surface area (Å²) >= 11 is 0. The Labute approximate surface area is 120 Å². The molecule has 1 aliphatic carbocycles. The number of hydrogen-bond acceptors (Lipinski definition) is 2. The van der Waals surface area contributed by atoms with Gasteiger partial charge in [0.1, 0.15) is 0 Å². The molecular formula is C17H35NO. The SMILES string of the molecule is CCNC(C1CCCC(CC)C1)C(OCC)C(C)C. The van der Waals surface area contributed by atoms with Crippen LogP contribution >= 0.6 is 0 Å². The summed E-state index contributed by atoms with van der Waals surface area (Å²) in [4.78, 5) is 0. The molecule has 0 heterocycles. The standard InChI is InChI=1S/C17H35NO/c1-6-14-10-9-11-15(12-14)16(18-7-2)17(13(4)5)19-8-3/h13-18H,6-12H2,1-5H3. The lowest BCUT2D eigenvalue weighted by Crippen LogP contribution is -2.50. The molecular weight excluding hydrogens is 234 g/mol. The average Bonchev–Trinajstić information content (AvgIpc) is 2.42. The fourth-order valence-electron chi connectivity index (χ4n) is 3.72. The molecule has 2 heteroatoms. The third-order valence-electron chi connectivity index (χ3n) is 4.72. The van der Waals surface area contributed by atoms with Crippen molar-refractivity contribution in [2.45, 2.75) is 78.9 Å². The van der Waals surface area contributed by atoms with E-state index in [1.807, 2.05) is 0 Å². The van der Waals surface area contributed by atoms with Gasteiger partial charge in [-0.2, -0.15) is 0 Å². The fraction of sp³-hybridized carbons (Fsp3) is 1.00. The second-order valence-electron chi connectivity index (χ2n) is 6.45. The molecule has 19 heavy (non-hydrogen) atoms. The van der Waals surface area contributed by atoms with Crippen LogP contribution in [0.25, 0.3) is 0 Å². The van der Waals surface area contributed by atoms with E-state index in [9.17, 15) is 0 Å². The third-order valence-corrected chi connectivity index (χ3v) is 4.72. The van der Waals surface area contributed by atoms with E-state index in [1.165, 1.54) is 32.1 Å². The van der Waals surface area contributed by atoms with E-state index in [2.05, 4.69) is 39.9 Å². The molecule has 4 unspecified atom stereocenters. The highest BCUT2D eigenvalue weighted by molar-refractivity contribution is 4.89. The molecule has 0 aromatic heterocycles. The summed E-state index contributed by atoms with van der Waals surface area (Å²) in [6, 6.07) is 0.541. The van der Waals surface area contributed by atoms with E-state index >= 15 is 0 Å². The zero-order valence-corrected chi connectivity index (χ0v) is 13.7. The van der Waals surface area contributed by atoms with Gasteiger partial charge in [-0.3, -0.25) is 0 Å². The van der Waals surface area contributed by atoms with Crippen LogP contribution in [0.15, 0.2) is 0 Å². The molecule has 1 saturated carbocycles. The minimum atomic E-state index is 0.366. The van der Waals surface area contributed by atoms with Crippen LogP contribution in [-0.4, -0.2) is 25.3 Å². The van der Waals surface area contributed by atoms with Gasteiger partial charge in [0.15, 0.2) is 0 Å². The minimum absolute atomic E-state index is 0.366. The second kappa shape index (κ2) is 8.97. The fourth-order valence-corrected chi connectivity index (χ4v) is 3.72. The first-order valence-electron chi connectivity index (χ1n) is 8.48. The van der Waals surface area contributed by atoms with E-state index in [0.717, 1.165) is 25.0 Å². The van der Waals surface area contributed by atoms with Gasteiger partial charge in [-0.05, 0) is 44.1 Å². The monoisotopic (exact) mass is 269 g/mol. The molecule has 0 saturated heterocycles. The zero-order valence-electron chi connectivity index (χ0n) is 13.7. The molecule has 1 N–H and O–H groups in total. The number of nitrogens with one attached hydrogen (secondary N) is 1. The predicted molar refractivity (Wildman–Crippen MR) is 83.5 cm³/mol. The molecule has 0 spiro atoms. The summed E-state index contributed by atoms with van der Waals surface area (Å²) in [7, 11) is 0. The van der Waals surface area contributed by atoms with Crippen LogP contribution in [-0.2, 0) is 4.74 Å². The van der Waals surface area contributed by atoms with Gasteiger partial charge in [0.25, 0.3) is 0 Å². The highest BCUT2D eigenvalue weighted by Crippen LogP contribution is 2.35. The Morgan fingerprint density at radius 1 is 1.16 bits per heavy atom. The van der Waals surface area contributed by atoms with Crippen molar-refractivity contribution in [3.05, 3.63) is 0 Å². The minimum Gasteiger partial charge on any atom is -0.377 e. The van der Waals surface area contributed by atoms with Gasteiger partial charge in [0.05, 0.1) is 6.10 Å². The maximum Gasteiger partial charge on any atom is 0.0753 e. The van der Waals surface area contributed by atoms with Crippen molar-refractivity contribution >= 4 is 0 Å². The van der Waals surface area contributed by atoms with E-state index in [0.29, 0.717) is 18.1 Å². The van der Waals surface area contributed by atoms with Crippen molar-refractivity contribution in [3.8, 4) is 0 Å². The normalized spacial score (nSPS) is 27.5. The van der Waals surface area contributed by atoms with Crippen LogP contribution in [0.2, 0.25) is 0 Å². The molecule has 2 nitrogen and oxygen atoms in total. The quantitative estimate of drug-likeness (QED) is 0.711. The molecule has 114 valence electrons. The Hall–Kier alpha value is -0.0800. The maximum absolute atomic E-state index is 6.08. The van der Waals surface area contributed by atoms with E-state index in [4.69, 9.17) is 4.74 Å². The molecule has 0 bridgehead atoms. The molecule has 0 aromatic rings. The van der Waals surface area contributed by atoms with Gasteiger partial charge >= 0.3 is 0 Å². The topological polar surface area (TPSA) is 21.3 Å². The number of hydrogen-bond donors (Lipinski definition) is 1. The molecule has 0 amide bonds. The summed E-state index contributed by atoms with van der Waals surface area (Å²) in [5.41, 5.74) is 0. The largest absolute Gasteiger partial charge is 0.377 e. The van der Waals surface area contributed by atoms with Crippen molar-refractivity contribution in [2.75, 3.05) is 13.2 Å². The van der Waals surface area contributed by atoms with Crippen molar-refractivity contribution in [2.24, 2.45) is 17.8 Å². The van der Waals surface area contributed by atoms with Gasteiger partial charge in [-0.15, -0.1) is 0 Å². The van der Waals surface area contributed by atoms with Gasteiger partial charge in [-0.1, -0.05) is 47.0 Å². The highest BCUT2D eigenvalue weighted by atomic mass is 16.5. The number of likely N-dealkylation sites (N-methyl/N-ethyl adjacent to an activating group) is 1. The molecule has 1 aliphatic rings. The number of rotatable bonds is 8. The molecule has 4 atom stereocenters. The van der Waals surface area contributed by atoms with Gasteiger partial charge in [-0.25, -0.2) is 0 Å². The molecule has 0 radical (unpaired) electrons. The average molecular weight is 269 g/mol. The van der Waals surface area contributed by atoms with Crippen LogP contribution in [0, 0.1) is 17.8 Å². The predicted octanol–water partition coefficient (Wildman–Crippen LogP) is 4.24. The Bertz CT molecular complexity index is 229. The number of ether oxygens (including phenoxy) is 1. The van der Waals surface area contributed by atoms with E-state index in [-0.39, 0.29) is 0 Å². The van der Waals surface area contributed by atoms with Crippen molar-refractivity contribution in [1.29, 1.82) is 0 Å². The van der Waals surface area contributed by atoms with Gasteiger partial charge < -0.3 is 10.1 Å². The summed E-state index contributed by atoms with van der Waals surface area (Å²) in [6.07, 6.45) is 7.32. The van der Waals surface area contributed by atoms with Gasteiger partial charge in [0.2, 0.25) is 0 Å². The van der Waals surface area contributed by atoms with Crippen molar-refractivity contribution in [1.82, 2.24) is 5.32 Å². The Balaban J connectivity index is 2.72. The first-order valence-corrected chi connectivity index (χ1v) is 8.48. The second-order valence-corrected chi connectivity index (χ2v) is 6.45. The summed E-state index contributed by atoms with van der Waals surface area (Å²) in [5, 5.41) is 3.74. The summed E-state index contributed by atoms with van der Waals surface area (Å²) in [5.74, 6) is 2.33. The van der Waals surface area contributed by atoms with Gasteiger partial charge in [0, 0.05) is 12.6 Å². The highest BCUT2D eigenvalue weighted by Gasteiger charge is 2.34. The molecule has 0 aromatic carbocycles. The molecule has 1 fully saturated rings. The lowest BCUT2D eigenvalue weighted by atomic mass is 9.74. The van der Waals surface area contributed by atoms with Crippen LogP contribution in [0.3, 0.4) is 0 Å². The van der Waals surface area contributed by atoms with E-state index < -0.39 is 0 Å². The first-order chi connectivity index (χ1) is 9.13. The Morgan fingerprint density at radius 3 is 2.42 bits per heavy atom. The van der Waals surface area contributed by atoms with Crippen LogP contribution in [0.1, 0.15) is 66.7 Å². The zero-order chi connectivity index (χ0) is 14.3. The Morgan fingerprint density at radius 2 is 1.89 bits per heavy atom. The lowest BCUT2D eigenvalue weighted by Gasteiger charge is -2.40. The lowest BCUT2D eigenvalue weighted by molar-refractivity contribution is -0.0196. The smallest absolute Gasteiger partial charge is 0.0753 e. The van der Waals surface area contributed by atoms with Crippen molar-refractivity contribution in [3.63, 3.8) is 0 Å².